The predicted molar refractivity (Wildman–Crippen MR) is 59.3 cm³/mol. The molecule has 0 unspecified atom stereocenters. The number of rotatable bonds is 4. The minimum atomic E-state index is -0.143. The van der Waals surface area contributed by atoms with Crippen LogP contribution >= 0.6 is 0 Å². The van der Waals surface area contributed by atoms with E-state index in [1.165, 1.54) is 4.90 Å². The summed E-state index contributed by atoms with van der Waals surface area (Å²) in [4.78, 5) is 24.9. The maximum atomic E-state index is 11.7. The van der Waals surface area contributed by atoms with E-state index in [2.05, 4.69) is 6.92 Å². The number of amides is 2. The van der Waals surface area contributed by atoms with Crippen molar-refractivity contribution in [2.45, 2.75) is 52.9 Å². The number of hydrogen-bond acceptors (Lipinski definition) is 2. The van der Waals surface area contributed by atoms with Crippen LogP contribution in [0.3, 0.4) is 0 Å². The first-order chi connectivity index (χ1) is 6.96. The predicted octanol–water partition coefficient (Wildman–Crippen LogP) is 2.35. The molecule has 0 saturated carbocycles. The molecule has 0 bridgehead atoms. The van der Waals surface area contributed by atoms with Gasteiger partial charge in [-0.15, -0.1) is 0 Å². The molecule has 0 atom stereocenters. The van der Waals surface area contributed by atoms with Gasteiger partial charge < -0.3 is 0 Å². The fraction of sp³-hybridized carbons (Fsp3) is 0.833. The second-order valence-electron chi connectivity index (χ2n) is 5.16. The Bertz CT molecular complexity index is 238. The molecule has 1 aliphatic rings. The van der Waals surface area contributed by atoms with E-state index in [0.29, 0.717) is 19.4 Å². The summed E-state index contributed by atoms with van der Waals surface area (Å²) in [6.07, 6.45) is 4.15. The SMILES string of the molecule is CCCCCN1C(=O)CC(C)(C)CC1=O. The van der Waals surface area contributed by atoms with E-state index in [1.54, 1.807) is 0 Å². The third-order valence-electron chi connectivity index (χ3n) is 2.85. The average molecular weight is 211 g/mol. The molecule has 0 aliphatic carbocycles. The van der Waals surface area contributed by atoms with Crippen LogP contribution in [0, 0.1) is 5.41 Å². The van der Waals surface area contributed by atoms with Crippen molar-refractivity contribution in [3.63, 3.8) is 0 Å². The second kappa shape index (κ2) is 4.77. The Labute approximate surface area is 91.8 Å². The summed E-state index contributed by atoms with van der Waals surface area (Å²) in [7, 11) is 0. The lowest BCUT2D eigenvalue weighted by molar-refractivity contribution is -0.152. The lowest BCUT2D eigenvalue weighted by atomic mass is 9.82. The van der Waals surface area contributed by atoms with E-state index in [0.717, 1.165) is 19.3 Å². The number of piperidine rings is 1. The maximum Gasteiger partial charge on any atom is 0.229 e. The molecular weight excluding hydrogens is 190 g/mol. The highest BCUT2D eigenvalue weighted by atomic mass is 16.2. The van der Waals surface area contributed by atoms with Crippen LogP contribution in [0.4, 0.5) is 0 Å². The van der Waals surface area contributed by atoms with Gasteiger partial charge in [0.2, 0.25) is 11.8 Å². The lowest BCUT2D eigenvalue weighted by Gasteiger charge is -2.34. The van der Waals surface area contributed by atoms with Crippen LogP contribution in [0.2, 0.25) is 0 Å². The van der Waals surface area contributed by atoms with Crippen LogP contribution in [0.25, 0.3) is 0 Å². The van der Waals surface area contributed by atoms with Gasteiger partial charge in [-0.1, -0.05) is 33.6 Å². The van der Waals surface area contributed by atoms with Crippen molar-refractivity contribution >= 4 is 11.8 Å². The first-order valence-electron chi connectivity index (χ1n) is 5.79. The molecular formula is C12H21NO2. The highest BCUT2D eigenvalue weighted by Crippen LogP contribution is 2.31. The highest BCUT2D eigenvalue weighted by molar-refractivity contribution is 5.98. The third kappa shape index (κ3) is 3.33. The number of unbranched alkanes of at least 4 members (excludes halogenated alkanes) is 2. The number of carbonyl (C=O) groups excluding carboxylic acids is 2. The molecule has 1 rings (SSSR count). The summed E-state index contributed by atoms with van der Waals surface area (Å²) in [5.41, 5.74) is -0.143. The third-order valence-corrected chi connectivity index (χ3v) is 2.85. The zero-order chi connectivity index (χ0) is 11.5. The molecule has 1 aliphatic heterocycles. The van der Waals surface area contributed by atoms with Crippen LogP contribution in [0.1, 0.15) is 52.9 Å². The molecule has 3 heteroatoms. The first kappa shape index (κ1) is 12.2. The van der Waals surface area contributed by atoms with Gasteiger partial charge in [-0.05, 0) is 11.8 Å². The van der Waals surface area contributed by atoms with Gasteiger partial charge in [0, 0.05) is 19.4 Å². The topological polar surface area (TPSA) is 37.4 Å². The Morgan fingerprint density at radius 1 is 1.13 bits per heavy atom. The second-order valence-corrected chi connectivity index (χ2v) is 5.16. The molecule has 1 fully saturated rings. The van der Waals surface area contributed by atoms with E-state index in [4.69, 9.17) is 0 Å². The molecule has 86 valence electrons. The minimum absolute atomic E-state index is 0.00681. The number of hydrogen-bond donors (Lipinski definition) is 0. The van der Waals surface area contributed by atoms with E-state index in [-0.39, 0.29) is 17.2 Å². The van der Waals surface area contributed by atoms with Gasteiger partial charge in [0.15, 0.2) is 0 Å². The van der Waals surface area contributed by atoms with Gasteiger partial charge in [0.05, 0.1) is 0 Å². The maximum absolute atomic E-state index is 11.7. The number of imide groups is 1. The molecule has 1 saturated heterocycles. The molecule has 0 spiro atoms. The fourth-order valence-corrected chi connectivity index (χ4v) is 1.98. The first-order valence-corrected chi connectivity index (χ1v) is 5.79. The molecule has 2 amide bonds. The Morgan fingerprint density at radius 2 is 1.67 bits per heavy atom. The molecule has 15 heavy (non-hydrogen) atoms. The largest absolute Gasteiger partial charge is 0.283 e. The summed E-state index contributed by atoms with van der Waals surface area (Å²) in [6, 6.07) is 0. The molecule has 0 aromatic rings. The molecule has 0 N–H and O–H groups in total. The molecule has 0 aromatic carbocycles. The van der Waals surface area contributed by atoms with Crippen molar-refractivity contribution in [1.29, 1.82) is 0 Å². The Hall–Kier alpha value is -0.860. The fourth-order valence-electron chi connectivity index (χ4n) is 1.98. The summed E-state index contributed by atoms with van der Waals surface area (Å²) in [5, 5.41) is 0. The van der Waals surface area contributed by atoms with Crippen molar-refractivity contribution in [2.24, 2.45) is 5.41 Å². The van der Waals surface area contributed by atoms with Crippen LogP contribution in [0.15, 0.2) is 0 Å². The van der Waals surface area contributed by atoms with Gasteiger partial charge >= 0.3 is 0 Å². The summed E-state index contributed by atoms with van der Waals surface area (Å²) < 4.78 is 0. The number of likely N-dealkylation sites (tertiary alicyclic amines) is 1. The van der Waals surface area contributed by atoms with Gasteiger partial charge in [-0.25, -0.2) is 0 Å². The van der Waals surface area contributed by atoms with Crippen LogP contribution < -0.4 is 0 Å². The van der Waals surface area contributed by atoms with Crippen LogP contribution in [-0.2, 0) is 9.59 Å². The summed E-state index contributed by atoms with van der Waals surface area (Å²) >= 11 is 0. The van der Waals surface area contributed by atoms with Crippen molar-refractivity contribution in [3.8, 4) is 0 Å². The van der Waals surface area contributed by atoms with Gasteiger partial charge in [0.1, 0.15) is 0 Å². The van der Waals surface area contributed by atoms with Crippen molar-refractivity contribution in [3.05, 3.63) is 0 Å². The highest BCUT2D eigenvalue weighted by Gasteiger charge is 2.36. The normalized spacial score (nSPS) is 20.9. The lowest BCUT2D eigenvalue weighted by Crippen LogP contribution is -2.46. The smallest absolute Gasteiger partial charge is 0.229 e. The Kier molecular flexibility index (Phi) is 3.89. The minimum Gasteiger partial charge on any atom is -0.283 e. The quantitative estimate of drug-likeness (QED) is 0.529. The number of carbonyl (C=O) groups is 2. The van der Waals surface area contributed by atoms with Crippen LogP contribution in [0.5, 0.6) is 0 Å². The Balaban J connectivity index is 2.52. The average Bonchev–Trinajstić information content (AvgIpc) is 2.08. The Morgan fingerprint density at radius 3 is 2.13 bits per heavy atom. The van der Waals surface area contributed by atoms with E-state index < -0.39 is 0 Å². The molecule has 1 heterocycles. The van der Waals surface area contributed by atoms with E-state index >= 15 is 0 Å². The molecule has 3 nitrogen and oxygen atoms in total. The van der Waals surface area contributed by atoms with E-state index in [1.807, 2.05) is 13.8 Å². The summed E-state index contributed by atoms with van der Waals surface area (Å²) in [6.45, 7) is 6.68. The number of nitrogens with zero attached hydrogens (tertiary/aromatic N) is 1. The zero-order valence-corrected chi connectivity index (χ0v) is 10.0. The van der Waals surface area contributed by atoms with Crippen molar-refractivity contribution < 1.29 is 9.59 Å². The van der Waals surface area contributed by atoms with Crippen molar-refractivity contribution in [1.82, 2.24) is 4.90 Å². The monoisotopic (exact) mass is 211 g/mol. The summed E-state index contributed by atoms with van der Waals surface area (Å²) in [5.74, 6) is 0.0136. The molecule has 0 radical (unpaired) electrons. The molecule has 0 aromatic heterocycles. The van der Waals surface area contributed by atoms with Crippen molar-refractivity contribution in [2.75, 3.05) is 6.54 Å². The standard InChI is InChI=1S/C12H21NO2/c1-4-5-6-7-13-10(14)8-12(2,3)9-11(13)15/h4-9H2,1-3H3. The van der Waals surface area contributed by atoms with Gasteiger partial charge in [-0.2, -0.15) is 0 Å². The van der Waals surface area contributed by atoms with E-state index in [9.17, 15) is 9.59 Å². The zero-order valence-electron chi connectivity index (χ0n) is 10.0. The van der Waals surface area contributed by atoms with Gasteiger partial charge in [-0.3, -0.25) is 14.5 Å². The van der Waals surface area contributed by atoms with Gasteiger partial charge in [0.25, 0.3) is 0 Å². The van der Waals surface area contributed by atoms with Crippen LogP contribution in [-0.4, -0.2) is 23.3 Å².